The van der Waals surface area contributed by atoms with Crippen LogP contribution in [0, 0.1) is 5.82 Å². The Hall–Kier alpha value is -2.08. The Bertz CT molecular complexity index is 619. The van der Waals surface area contributed by atoms with Gasteiger partial charge in [0.25, 0.3) is 0 Å². The molecule has 0 radical (unpaired) electrons. The van der Waals surface area contributed by atoms with E-state index in [9.17, 15) is 9.18 Å². The van der Waals surface area contributed by atoms with E-state index in [1.165, 1.54) is 12.1 Å². The summed E-state index contributed by atoms with van der Waals surface area (Å²) in [6.07, 6.45) is 7.19. The first-order chi connectivity index (χ1) is 12.2. The van der Waals surface area contributed by atoms with Gasteiger partial charge in [-0.25, -0.2) is 9.18 Å². The van der Waals surface area contributed by atoms with Gasteiger partial charge in [-0.15, -0.1) is 0 Å². The van der Waals surface area contributed by atoms with Gasteiger partial charge in [-0.1, -0.05) is 19.1 Å². The number of piperidine rings is 1. The molecule has 2 aliphatic rings. The van der Waals surface area contributed by atoms with E-state index in [2.05, 4.69) is 22.4 Å². The fraction of sp³-hybridized carbons (Fsp3) is 0.526. The number of rotatable bonds is 5. The number of ether oxygens (including phenoxy) is 1. The van der Waals surface area contributed by atoms with E-state index in [1.54, 1.807) is 6.07 Å². The van der Waals surface area contributed by atoms with Crippen LogP contribution in [0.5, 0.6) is 5.75 Å². The highest BCUT2D eigenvalue weighted by Gasteiger charge is 2.27. The lowest BCUT2D eigenvalue weighted by Crippen LogP contribution is -2.47. The van der Waals surface area contributed by atoms with E-state index in [4.69, 9.17) is 4.74 Å². The Kier molecular flexibility index (Phi) is 5.91. The number of hydrogen-bond donors (Lipinski definition) is 1. The molecule has 6 heteroatoms. The van der Waals surface area contributed by atoms with Crippen LogP contribution in [0.4, 0.5) is 14.9 Å². The first-order valence-corrected chi connectivity index (χ1v) is 9.04. The molecule has 0 saturated carbocycles. The molecule has 0 unspecified atom stereocenters. The Balaban J connectivity index is 1.56. The molecular formula is C19H26FN3O2. The van der Waals surface area contributed by atoms with Gasteiger partial charge in [-0.2, -0.15) is 0 Å². The molecule has 136 valence electrons. The summed E-state index contributed by atoms with van der Waals surface area (Å²) in [5.74, 6) is 0.0115. The smallest absolute Gasteiger partial charge is 0.321 e. The van der Waals surface area contributed by atoms with E-state index < -0.39 is 0 Å². The predicted octanol–water partition coefficient (Wildman–Crippen LogP) is 3.48. The van der Waals surface area contributed by atoms with E-state index in [0.717, 1.165) is 45.4 Å². The second-order valence-corrected chi connectivity index (χ2v) is 6.56. The molecular weight excluding hydrogens is 321 g/mol. The minimum atomic E-state index is -0.371. The van der Waals surface area contributed by atoms with Gasteiger partial charge in [-0.05, 0) is 31.4 Å². The van der Waals surface area contributed by atoms with Crippen molar-refractivity contribution in [1.29, 1.82) is 0 Å². The molecule has 0 bridgehead atoms. The molecule has 1 saturated heterocycles. The van der Waals surface area contributed by atoms with Crippen LogP contribution in [-0.2, 0) is 0 Å². The summed E-state index contributed by atoms with van der Waals surface area (Å²) < 4.78 is 19.0. The van der Waals surface area contributed by atoms with Crippen LogP contribution in [0.15, 0.2) is 30.4 Å². The number of benzene rings is 1. The highest BCUT2D eigenvalue weighted by molar-refractivity contribution is 5.91. The Morgan fingerprint density at radius 1 is 1.28 bits per heavy atom. The van der Waals surface area contributed by atoms with Gasteiger partial charge in [0.2, 0.25) is 0 Å². The lowest BCUT2D eigenvalue weighted by atomic mass is 10.0. The number of carbonyl (C=O) groups is 1. The maximum Gasteiger partial charge on any atom is 0.321 e. The molecule has 1 aromatic rings. The van der Waals surface area contributed by atoms with E-state index in [1.807, 2.05) is 11.8 Å². The minimum absolute atomic E-state index is 0.147. The molecule has 3 rings (SSSR count). The molecule has 0 aromatic heterocycles. The Morgan fingerprint density at radius 2 is 2.00 bits per heavy atom. The van der Waals surface area contributed by atoms with Crippen molar-refractivity contribution in [2.45, 2.75) is 32.2 Å². The molecule has 1 fully saturated rings. The number of carbonyl (C=O) groups excluding carboxylic acids is 1. The first-order valence-electron chi connectivity index (χ1n) is 9.04. The van der Waals surface area contributed by atoms with Crippen molar-refractivity contribution >= 4 is 11.7 Å². The molecule has 0 spiro atoms. The topological polar surface area (TPSA) is 44.8 Å². The second-order valence-electron chi connectivity index (χ2n) is 6.56. The first kappa shape index (κ1) is 17.7. The zero-order valence-corrected chi connectivity index (χ0v) is 14.7. The number of nitrogens with one attached hydrogen (secondary N) is 1. The predicted molar refractivity (Wildman–Crippen MR) is 96.5 cm³/mol. The largest absolute Gasteiger partial charge is 0.491 e. The molecule has 0 atom stereocenters. The molecule has 25 heavy (non-hydrogen) atoms. The molecule has 2 amide bonds. The van der Waals surface area contributed by atoms with Crippen LogP contribution in [0.2, 0.25) is 0 Å². The van der Waals surface area contributed by atoms with Gasteiger partial charge in [0.05, 0.1) is 12.3 Å². The normalized spacial score (nSPS) is 18.6. The molecule has 0 aliphatic carbocycles. The SMILES string of the molecule is CCCOc1cc(F)ccc1NC(=O)N1CCC(N2CC=CC2)CC1. The summed E-state index contributed by atoms with van der Waals surface area (Å²) in [5, 5.41) is 2.87. The van der Waals surface area contributed by atoms with Crippen LogP contribution in [-0.4, -0.2) is 54.7 Å². The number of halogens is 1. The third kappa shape index (κ3) is 4.51. The van der Waals surface area contributed by atoms with Gasteiger partial charge in [0.1, 0.15) is 11.6 Å². The zero-order chi connectivity index (χ0) is 17.6. The summed E-state index contributed by atoms with van der Waals surface area (Å²) in [6, 6.07) is 4.61. The summed E-state index contributed by atoms with van der Waals surface area (Å²) >= 11 is 0. The Morgan fingerprint density at radius 3 is 2.68 bits per heavy atom. The third-order valence-electron chi connectivity index (χ3n) is 4.76. The van der Waals surface area contributed by atoms with Crippen LogP contribution in [0.3, 0.4) is 0 Å². The van der Waals surface area contributed by atoms with Crippen molar-refractivity contribution < 1.29 is 13.9 Å². The van der Waals surface area contributed by atoms with Gasteiger partial charge >= 0.3 is 6.03 Å². The molecule has 5 nitrogen and oxygen atoms in total. The fourth-order valence-electron chi connectivity index (χ4n) is 3.35. The highest BCUT2D eigenvalue weighted by atomic mass is 19.1. The average Bonchev–Trinajstić information content (AvgIpc) is 3.16. The maximum atomic E-state index is 13.4. The summed E-state index contributed by atoms with van der Waals surface area (Å²) in [6.45, 7) is 5.98. The summed E-state index contributed by atoms with van der Waals surface area (Å²) in [7, 11) is 0. The molecule has 2 heterocycles. The van der Waals surface area contributed by atoms with Crippen LogP contribution >= 0.6 is 0 Å². The standard InChI is InChI=1S/C19H26FN3O2/c1-2-13-25-18-14-15(20)5-6-17(18)21-19(24)23-11-7-16(8-12-23)22-9-3-4-10-22/h3-6,14,16H,2,7-13H2,1H3,(H,21,24). The van der Waals surface area contributed by atoms with Crippen molar-refractivity contribution in [3.63, 3.8) is 0 Å². The molecule has 1 N–H and O–H groups in total. The zero-order valence-electron chi connectivity index (χ0n) is 14.7. The molecule has 2 aliphatic heterocycles. The van der Waals surface area contributed by atoms with Crippen molar-refractivity contribution in [3.8, 4) is 5.75 Å². The van der Waals surface area contributed by atoms with Crippen molar-refractivity contribution in [1.82, 2.24) is 9.80 Å². The van der Waals surface area contributed by atoms with Crippen LogP contribution in [0.25, 0.3) is 0 Å². The van der Waals surface area contributed by atoms with Gasteiger partial charge in [-0.3, -0.25) is 4.90 Å². The summed E-state index contributed by atoms with van der Waals surface area (Å²) in [5.41, 5.74) is 0.519. The van der Waals surface area contributed by atoms with Crippen molar-refractivity contribution in [2.75, 3.05) is 38.1 Å². The number of hydrogen-bond acceptors (Lipinski definition) is 3. The lowest BCUT2D eigenvalue weighted by molar-refractivity contribution is 0.144. The number of urea groups is 1. The fourth-order valence-corrected chi connectivity index (χ4v) is 3.35. The minimum Gasteiger partial charge on any atom is -0.491 e. The summed E-state index contributed by atoms with van der Waals surface area (Å²) in [4.78, 5) is 16.8. The third-order valence-corrected chi connectivity index (χ3v) is 4.76. The van der Waals surface area contributed by atoms with Crippen molar-refractivity contribution in [2.24, 2.45) is 0 Å². The number of likely N-dealkylation sites (tertiary alicyclic amines) is 1. The van der Waals surface area contributed by atoms with Gasteiger partial charge < -0.3 is 15.0 Å². The highest BCUT2D eigenvalue weighted by Crippen LogP contribution is 2.27. The van der Waals surface area contributed by atoms with E-state index in [0.29, 0.717) is 24.1 Å². The monoisotopic (exact) mass is 347 g/mol. The lowest BCUT2D eigenvalue weighted by Gasteiger charge is -2.36. The van der Waals surface area contributed by atoms with Gasteiger partial charge in [0.15, 0.2) is 0 Å². The number of amides is 2. The second kappa shape index (κ2) is 8.34. The van der Waals surface area contributed by atoms with Crippen molar-refractivity contribution in [3.05, 3.63) is 36.2 Å². The number of nitrogens with zero attached hydrogens (tertiary/aromatic N) is 2. The van der Waals surface area contributed by atoms with Crippen LogP contribution < -0.4 is 10.1 Å². The van der Waals surface area contributed by atoms with Gasteiger partial charge in [0, 0.05) is 38.3 Å². The molecule has 1 aromatic carbocycles. The van der Waals surface area contributed by atoms with E-state index in [-0.39, 0.29) is 11.8 Å². The average molecular weight is 347 g/mol. The maximum absolute atomic E-state index is 13.4. The Labute approximate surface area is 148 Å². The van der Waals surface area contributed by atoms with E-state index >= 15 is 0 Å². The number of anilines is 1. The quantitative estimate of drug-likeness (QED) is 0.830. The van der Waals surface area contributed by atoms with Crippen LogP contribution in [0.1, 0.15) is 26.2 Å².